The third-order valence-corrected chi connectivity index (χ3v) is 5.33. The van der Waals surface area contributed by atoms with Crippen LogP contribution in [0.5, 0.6) is 0 Å². The summed E-state index contributed by atoms with van der Waals surface area (Å²) in [4.78, 5) is 24.3. The van der Waals surface area contributed by atoms with Crippen molar-refractivity contribution in [1.82, 2.24) is 14.8 Å². The second-order valence-corrected chi connectivity index (χ2v) is 7.47. The Bertz CT molecular complexity index is 988. The lowest BCUT2D eigenvalue weighted by molar-refractivity contribution is -0.116. The Hall–Kier alpha value is -3.13. The van der Waals surface area contributed by atoms with Crippen LogP contribution in [0.1, 0.15) is 17.8 Å². The normalized spacial score (nSPS) is 10.6. The molecule has 0 aliphatic heterocycles. The molecule has 0 unspecified atom stereocenters. The third kappa shape index (κ3) is 5.92. The van der Waals surface area contributed by atoms with Gasteiger partial charge in [0.1, 0.15) is 5.82 Å². The standard InChI is InChI=1S/C21H23N5O2S/c1-15-8-6-7-11-17(15)23-20(28)14-29-21-25-24-18(26(21)2)12-13-19(27)22-16-9-4-3-5-10-16/h3-11H,12-14H2,1-2H3,(H,22,27)(H,23,28). The first-order valence-corrected chi connectivity index (χ1v) is 10.2. The average Bonchev–Trinajstić information content (AvgIpc) is 3.07. The van der Waals surface area contributed by atoms with Gasteiger partial charge in [-0.25, -0.2) is 0 Å². The Balaban J connectivity index is 1.48. The van der Waals surface area contributed by atoms with E-state index in [9.17, 15) is 9.59 Å². The summed E-state index contributed by atoms with van der Waals surface area (Å²) in [5.74, 6) is 0.756. The molecule has 2 N–H and O–H groups in total. The Morgan fingerprint density at radius 1 is 0.966 bits per heavy atom. The number of benzene rings is 2. The minimum atomic E-state index is -0.101. The summed E-state index contributed by atoms with van der Waals surface area (Å²) in [6.07, 6.45) is 0.775. The number of anilines is 2. The predicted molar refractivity (Wildman–Crippen MR) is 115 cm³/mol. The van der Waals surface area contributed by atoms with Crippen LogP contribution >= 0.6 is 11.8 Å². The van der Waals surface area contributed by atoms with Crippen molar-refractivity contribution in [3.05, 3.63) is 66.0 Å². The highest BCUT2D eigenvalue weighted by Crippen LogP contribution is 2.18. The van der Waals surface area contributed by atoms with E-state index in [4.69, 9.17) is 0 Å². The molecule has 0 aliphatic rings. The number of nitrogens with one attached hydrogen (secondary N) is 2. The Labute approximate surface area is 173 Å². The molecule has 0 fully saturated rings. The molecule has 0 spiro atoms. The molecule has 3 rings (SSSR count). The number of para-hydroxylation sites is 2. The number of hydrogen-bond acceptors (Lipinski definition) is 5. The lowest BCUT2D eigenvalue weighted by atomic mass is 10.2. The van der Waals surface area contributed by atoms with Gasteiger partial charge in [0, 0.05) is 31.3 Å². The van der Waals surface area contributed by atoms with E-state index in [-0.39, 0.29) is 17.6 Å². The van der Waals surface area contributed by atoms with Crippen LogP contribution < -0.4 is 10.6 Å². The van der Waals surface area contributed by atoms with E-state index in [1.54, 1.807) is 0 Å². The van der Waals surface area contributed by atoms with Crippen molar-refractivity contribution in [3.63, 3.8) is 0 Å². The average molecular weight is 410 g/mol. The summed E-state index contributed by atoms with van der Waals surface area (Å²) in [6.45, 7) is 1.95. The van der Waals surface area contributed by atoms with E-state index in [1.807, 2.05) is 73.1 Å². The van der Waals surface area contributed by atoms with Crippen molar-refractivity contribution in [2.75, 3.05) is 16.4 Å². The molecule has 2 aromatic carbocycles. The fourth-order valence-electron chi connectivity index (χ4n) is 2.69. The summed E-state index contributed by atoms with van der Waals surface area (Å²) < 4.78 is 1.82. The first kappa shape index (κ1) is 20.6. The third-order valence-electron chi connectivity index (χ3n) is 4.31. The zero-order chi connectivity index (χ0) is 20.6. The molecule has 0 bridgehead atoms. The van der Waals surface area contributed by atoms with Gasteiger partial charge in [-0.3, -0.25) is 9.59 Å². The molecule has 29 heavy (non-hydrogen) atoms. The number of aromatic nitrogens is 3. The van der Waals surface area contributed by atoms with E-state index in [0.29, 0.717) is 23.8 Å². The Morgan fingerprint density at radius 2 is 1.69 bits per heavy atom. The molecule has 2 amide bonds. The molecule has 0 radical (unpaired) electrons. The van der Waals surface area contributed by atoms with Crippen molar-refractivity contribution in [2.24, 2.45) is 7.05 Å². The Morgan fingerprint density at radius 3 is 2.45 bits per heavy atom. The van der Waals surface area contributed by atoms with Crippen LogP contribution in [0.2, 0.25) is 0 Å². The van der Waals surface area contributed by atoms with Crippen LogP contribution in [0.3, 0.4) is 0 Å². The fraction of sp³-hybridized carbons (Fsp3) is 0.238. The number of aryl methyl sites for hydroxylation is 2. The van der Waals surface area contributed by atoms with Crippen molar-refractivity contribution >= 4 is 35.0 Å². The topological polar surface area (TPSA) is 88.9 Å². The quantitative estimate of drug-likeness (QED) is 0.557. The molecule has 1 aromatic heterocycles. The van der Waals surface area contributed by atoms with E-state index in [1.165, 1.54) is 11.8 Å². The van der Waals surface area contributed by atoms with Crippen LogP contribution in [0.25, 0.3) is 0 Å². The minimum absolute atomic E-state index is 0.0778. The van der Waals surface area contributed by atoms with Gasteiger partial charge in [-0.1, -0.05) is 48.2 Å². The SMILES string of the molecule is Cc1ccccc1NC(=O)CSc1nnc(CCC(=O)Nc2ccccc2)n1C. The van der Waals surface area contributed by atoms with Gasteiger partial charge in [0.25, 0.3) is 0 Å². The molecule has 8 heteroatoms. The van der Waals surface area contributed by atoms with Crippen molar-refractivity contribution < 1.29 is 9.59 Å². The molecular weight excluding hydrogens is 386 g/mol. The summed E-state index contributed by atoms with van der Waals surface area (Å²) >= 11 is 1.31. The lowest BCUT2D eigenvalue weighted by Crippen LogP contribution is -2.15. The van der Waals surface area contributed by atoms with Crippen LogP contribution in [0.15, 0.2) is 59.8 Å². The van der Waals surface area contributed by atoms with E-state index in [2.05, 4.69) is 20.8 Å². The maximum absolute atomic E-state index is 12.2. The largest absolute Gasteiger partial charge is 0.326 e. The van der Waals surface area contributed by atoms with Gasteiger partial charge in [-0.2, -0.15) is 0 Å². The smallest absolute Gasteiger partial charge is 0.234 e. The number of nitrogens with zero attached hydrogens (tertiary/aromatic N) is 3. The van der Waals surface area contributed by atoms with Gasteiger partial charge >= 0.3 is 0 Å². The van der Waals surface area contributed by atoms with Gasteiger partial charge in [0.15, 0.2) is 5.16 Å². The van der Waals surface area contributed by atoms with Gasteiger partial charge in [-0.05, 0) is 30.7 Å². The van der Waals surface area contributed by atoms with Crippen LogP contribution in [-0.2, 0) is 23.1 Å². The molecular formula is C21H23N5O2S. The number of rotatable bonds is 8. The molecule has 1 heterocycles. The Kier molecular flexibility index (Phi) is 7.02. The highest BCUT2D eigenvalue weighted by Gasteiger charge is 2.13. The van der Waals surface area contributed by atoms with Gasteiger partial charge in [-0.15, -0.1) is 10.2 Å². The maximum atomic E-state index is 12.2. The van der Waals surface area contributed by atoms with Crippen molar-refractivity contribution in [2.45, 2.75) is 24.9 Å². The van der Waals surface area contributed by atoms with E-state index in [0.717, 1.165) is 16.9 Å². The monoisotopic (exact) mass is 409 g/mol. The molecule has 0 atom stereocenters. The van der Waals surface area contributed by atoms with Crippen molar-refractivity contribution in [3.8, 4) is 0 Å². The summed E-state index contributed by atoms with van der Waals surface area (Å²) in [6, 6.07) is 17.0. The number of thioether (sulfide) groups is 1. The van der Waals surface area contributed by atoms with Gasteiger partial charge in [0.05, 0.1) is 5.75 Å². The first-order chi connectivity index (χ1) is 14.0. The van der Waals surface area contributed by atoms with Crippen LogP contribution in [0.4, 0.5) is 11.4 Å². The summed E-state index contributed by atoms with van der Waals surface area (Å²) in [5.41, 5.74) is 2.59. The molecule has 0 saturated heterocycles. The van der Waals surface area contributed by atoms with Crippen LogP contribution in [0, 0.1) is 6.92 Å². The number of carbonyl (C=O) groups is 2. The molecule has 0 aliphatic carbocycles. The number of amides is 2. The lowest BCUT2D eigenvalue weighted by Gasteiger charge is -2.08. The highest BCUT2D eigenvalue weighted by molar-refractivity contribution is 7.99. The van der Waals surface area contributed by atoms with Gasteiger partial charge in [0.2, 0.25) is 11.8 Å². The molecule has 150 valence electrons. The first-order valence-electron chi connectivity index (χ1n) is 9.24. The number of hydrogen-bond donors (Lipinski definition) is 2. The van der Waals surface area contributed by atoms with Crippen molar-refractivity contribution in [1.29, 1.82) is 0 Å². The summed E-state index contributed by atoms with van der Waals surface area (Å²) in [7, 11) is 1.84. The minimum Gasteiger partial charge on any atom is -0.326 e. The maximum Gasteiger partial charge on any atom is 0.234 e. The fourth-order valence-corrected chi connectivity index (χ4v) is 3.42. The zero-order valence-electron chi connectivity index (χ0n) is 16.4. The zero-order valence-corrected chi connectivity index (χ0v) is 17.2. The van der Waals surface area contributed by atoms with E-state index >= 15 is 0 Å². The number of carbonyl (C=O) groups excluding carboxylic acids is 2. The molecule has 0 saturated carbocycles. The molecule has 7 nitrogen and oxygen atoms in total. The second-order valence-electron chi connectivity index (χ2n) is 6.52. The molecule has 3 aromatic rings. The van der Waals surface area contributed by atoms with Crippen LogP contribution in [-0.4, -0.2) is 32.3 Å². The summed E-state index contributed by atoms with van der Waals surface area (Å²) in [5, 5.41) is 14.7. The predicted octanol–water partition coefficient (Wildman–Crippen LogP) is 3.43. The highest BCUT2D eigenvalue weighted by atomic mass is 32.2. The van der Waals surface area contributed by atoms with Gasteiger partial charge < -0.3 is 15.2 Å². The van der Waals surface area contributed by atoms with E-state index < -0.39 is 0 Å². The second kappa shape index (κ2) is 9.88.